The van der Waals surface area contributed by atoms with Gasteiger partial charge in [0.25, 0.3) is 0 Å². The summed E-state index contributed by atoms with van der Waals surface area (Å²) in [4.78, 5) is 17.6. The summed E-state index contributed by atoms with van der Waals surface area (Å²) in [5.74, 6) is -2.10. The maximum atomic E-state index is 11.8. The van der Waals surface area contributed by atoms with Crippen molar-refractivity contribution in [2.24, 2.45) is 0 Å². The molecule has 0 aromatic carbocycles. The zero-order valence-electron chi connectivity index (χ0n) is 8.02. The predicted molar refractivity (Wildman–Crippen MR) is 43.9 cm³/mol. The molecule has 0 amide bonds. The fourth-order valence-corrected chi connectivity index (χ4v) is 0.766. The van der Waals surface area contributed by atoms with Crippen molar-refractivity contribution in [2.75, 3.05) is 0 Å². The standard InChI is InChI=1S/C8H7F3N2O3/c1-4-12-2-5(3-13-4)6(14)16-7(15)8(9,10)11/h2-3,6,14H,1H3. The molecule has 1 rings (SSSR count). The van der Waals surface area contributed by atoms with Crippen molar-refractivity contribution < 1.29 is 27.8 Å². The average molecular weight is 236 g/mol. The molecule has 1 aromatic rings. The minimum Gasteiger partial charge on any atom is -0.425 e. The molecule has 0 spiro atoms. The highest BCUT2D eigenvalue weighted by atomic mass is 19.4. The number of aryl methyl sites for hydroxylation is 1. The van der Waals surface area contributed by atoms with E-state index in [1.165, 1.54) is 0 Å². The van der Waals surface area contributed by atoms with Gasteiger partial charge in [-0.25, -0.2) is 14.8 Å². The van der Waals surface area contributed by atoms with Crippen LogP contribution in [0.1, 0.15) is 17.7 Å². The predicted octanol–water partition coefficient (Wildman–Crippen LogP) is 0.881. The lowest BCUT2D eigenvalue weighted by molar-refractivity contribution is -0.220. The molecule has 0 saturated carbocycles. The molecule has 8 heteroatoms. The van der Waals surface area contributed by atoms with Crippen molar-refractivity contribution in [1.29, 1.82) is 0 Å². The molecule has 1 atom stereocenters. The van der Waals surface area contributed by atoms with Crippen molar-refractivity contribution in [3.05, 3.63) is 23.8 Å². The van der Waals surface area contributed by atoms with Crippen LogP contribution in [0.2, 0.25) is 0 Å². The number of ether oxygens (including phenoxy) is 1. The summed E-state index contributed by atoms with van der Waals surface area (Å²) >= 11 is 0. The second-order valence-electron chi connectivity index (χ2n) is 2.82. The van der Waals surface area contributed by atoms with E-state index in [-0.39, 0.29) is 5.56 Å². The average Bonchev–Trinajstić information content (AvgIpc) is 2.17. The summed E-state index contributed by atoms with van der Waals surface area (Å²) in [6, 6.07) is 0. The summed E-state index contributed by atoms with van der Waals surface area (Å²) < 4.78 is 39.1. The van der Waals surface area contributed by atoms with E-state index in [1.807, 2.05) is 0 Å². The molecule has 1 N–H and O–H groups in total. The molecule has 5 nitrogen and oxygen atoms in total. The normalized spacial score (nSPS) is 13.3. The minimum absolute atomic E-state index is 0.136. The highest BCUT2D eigenvalue weighted by molar-refractivity contribution is 5.75. The van der Waals surface area contributed by atoms with Crippen LogP contribution < -0.4 is 0 Å². The number of halogens is 3. The Bertz CT molecular complexity index is 377. The SMILES string of the molecule is Cc1ncc(C(O)OC(=O)C(F)(F)F)cn1. The number of alkyl halides is 3. The Balaban J connectivity index is 2.69. The first kappa shape index (κ1) is 12.4. The first-order valence-electron chi connectivity index (χ1n) is 4.05. The van der Waals surface area contributed by atoms with Crippen LogP contribution in [-0.4, -0.2) is 27.2 Å². The number of aromatic nitrogens is 2. The molecule has 0 aliphatic heterocycles. The van der Waals surface area contributed by atoms with E-state index in [4.69, 9.17) is 5.11 Å². The second kappa shape index (κ2) is 4.44. The summed E-state index contributed by atoms with van der Waals surface area (Å²) in [5, 5.41) is 9.12. The lowest BCUT2D eigenvalue weighted by atomic mass is 10.3. The highest BCUT2D eigenvalue weighted by Gasteiger charge is 2.42. The lowest BCUT2D eigenvalue weighted by Gasteiger charge is -2.12. The van der Waals surface area contributed by atoms with E-state index in [9.17, 15) is 18.0 Å². The summed E-state index contributed by atoms with van der Waals surface area (Å²) in [5.41, 5.74) is -0.136. The summed E-state index contributed by atoms with van der Waals surface area (Å²) in [6.45, 7) is 1.55. The number of aliphatic hydroxyl groups excluding tert-OH is 1. The highest BCUT2D eigenvalue weighted by Crippen LogP contribution is 2.21. The van der Waals surface area contributed by atoms with Gasteiger partial charge in [-0.1, -0.05) is 0 Å². The van der Waals surface area contributed by atoms with Crippen LogP contribution in [-0.2, 0) is 9.53 Å². The summed E-state index contributed by atoms with van der Waals surface area (Å²) in [7, 11) is 0. The quantitative estimate of drug-likeness (QED) is 0.609. The second-order valence-corrected chi connectivity index (χ2v) is 2.82. The Morgan fingerprint density at radius 2 is 1.94 bits per heavy atom. The van der Waals surface area contributed by atoms with Gasteiger partial charge in [-0.2, -0.15) is 13.2 Å². The van der Waals surface area contributed by atoms with Crippen LogP contribution in [0.3, 0.4) is 0 Å². The molecular formula is C8H7F3N2O3. The molecule has 0 aliphatic carbocycles. The van der Waals surface area contributed by atoms with Crippen molar-refractivity contribution in [2.45, 2.75) is 19.4 Å². The van der Waals surface area contributed by atoms with E-state index in [1.54, 1.807) is 6.92 Å². The van der Waals surface area contributed by atoms with Crippen LogP contribution in [0.4, 0.5) is 13.2 Å². The minimum atomic E-state index is -5.15. The van der Waals surface area contributed by atoms with Gasteiger partial charge in [0.2, 0.25) is 6.29 Å². The van der Waals surface area contributed by atoms with Crippen molar-refractivity contribution in [1.82, 2.24) is 9.97 Å². The van der Waals surface area contributed by atoms with E-state index < -0.39 is 18.4 Å². The van der Waals surface area contributed by atoms with Crippen LogP contribution in [0.25, 0.3) is 0 Å². The number of aliphatic hydroxyl groups is 1. The third-order valence-corrected chi connectivity index (χ3v) is 1.54. The zero-order valence-corrected chi connectivity index (χ0v) is 8.02. The van der Waals surface area contributed by atoms with E-state index in [0.29, 0.717) is 5.82 Å². The number of hydrogen-bond acceptors (Lipinski definition) is 5. The molecule has 1 aromatic heterocycles. The first-order chi connectivity index (χ1) is 7.30. The van der Waals surface area contributed by atoms with Crippen molar-refractivity contribution >= 4 is 5.97 Å². The van der Waals surface area contributed by atoms with Gasteiger partial charge < -0.3 is 9.84 Å². The van der Waals surface area contributed by atoms with Crippen LogP contribution in [0.15, 0.2) is 12.4 Å². The van der Waals surface area contributed by atoms with Crippen LogP contribution in [0.5, 0.6) is 0 Å². The molecule has 16 heavy (non-hydrogen) atoms. The Kier molecular flexibility index (Phi) is 3.43. The Morgan fingerprint density at radius 3 is 2.38 bits per heavy atom. The van der Waals surface area contributed by atoms with Gasteiger partial charge in [-0.05, 0) is 6.92 Å². The molecule has 0 aliphatic rings. The number of carbonyl (C=O) groups is 1. The molecular weight excluding hydrogens is 229 g/mol. The van der Waals surface area contributed by atoms with Gasteiger partial charge in [0.1, 0.15) is 5.82 Å². The Hall–Kier alpha value is -1.70. The number of rotatable bonds is 2. The first-order valence-corrected chi connectivity index (χ1v) is 4.05. The molecule has 0 fully saturated rings. The van der Waals surface area contributed by atoms with E-state index >= 15 is 0 Å². The van der Waals surface area contributed by atoms with Crippen LogP contribution in [0, 0.1) is 6.92 Å². The Morgan fingerprint density at radius 1 is 1.44 bits per heavy atom. The molecule has 1 heterocycles. The smallest absolute Gasteiger partial charge is 0.425 e. The summed E-state index contributed by atoms with van der Waals surface area (Å²) in [6.07, 6.45) is -5.05. The maximum Gasteiger partial charge on any atom is 0.491 e. The Labute approximate surface area is 87.9 Å². The topological polar surface area (TPSA) is 72.3 Å². The molecule has 0 radical (unpaired) electrons. The third-order valence-electron chi connectivity index (χ3n) is 1.54. The van der Waals surface area contributed by atoms with E-state index in [2.05, 4.69) is 14.7 Å². The number of hydrogen-bond donors (Lipinski definition) is 1. The molecule has 0 bridgehead atoms. The van der Waals surface area contributed by atoms with Gasteiger partial charge in [0, 0.05) is 12.4 Å². The van der Waals surface area contributed by atoms with Crippen molar-refractivity contribution in [3.63, 3.8) is 0 Å². The number of esters is 1. The monoisotopic (exact) mass is 236 g/mol. The van der Waals surface area contributed by atoms with Gasteiger partial charge in [-0.15, -0.1) is 0 Å². The largest absolute Gasteiger partial charge is 0.491 e. The number of nitrogens with zero attached hydrogens (tertiary/aromatic N) is 2. The zero-order chi connectivity index (χ0) is 12.3. The van der Waals surface area contributed by atoms with Gasteiger partial charge in [0.05, 0.1) is 5.56 Å². The molecule has 0 saturated heterocycles. The van der Waals surface area contributed by atoms with Gasteiger partial charge in [-0.3, -0.25) is 0 Å². The molecule has 1 unspecified atom stereocenters. The third kappa shape index (κ3) is 3.16. The van der Waals surface area contributed by atoms with Gasteiger partial charge >= 0.3 is 12.1 Å². The fourth-order valence-electron chi connectivity index (χ4n) is 0.766. The maximum absolute atomic E-state index is 11.8. The molecule has 88 valence electrons. The lowest BCUT2D eigenvalue weighted by Crippen LogP contribution is -2.27. The number of carbonyl (C=O) groups excluding carboxylic acids is 1. The van der Waals surface area contributed by atoms with Crippen molar-refractivity contribution in [3.8, 4) is 0 Å². The fraction of sp³-hybridized carbons (Fsp3) is 0.375. The van der Waals surface area contributed by atoms with Crippen LogP contribution >= 0.6 is 0 Å². The van der Waals surface area contributed by atoms with Gasteiger partial charge in [0.15, 0.2) is 0 Å². The van der Waals surface area contributed by atoms with E-state index in [0.717, 1.165) is 12.4 Å².